The molecule has 1 fully saturated rings. The SMILES string of the molecule is O=S(=O)(NC1CCCNC1)c1cncc(F)c1. The first-order valence-electron chi connectivity index (χ1n) is 5.41. The Morgan fingerprint density at radius 3 is 2.94 bits per heavy atom. The lowest BCUT2D eigenvalue weighted by molar-refractivity contribution is 0.428. The fraction of sp³-hybridized carbons (Fsp3) is 0.500. The topological polar surface area (TPSA) is 71.1 Å². The molecule has 7 heteroatoms. The van der Waals surface area contributed by atoms with E-state index in [0.29, 0.717) is 6.54 Å². The summed E-state index contributed by atoms with van der Waals surface area (Å²) >= 11 is 0. The van der Waals surface area contributed by atoms with Gasteiger partial charge in [-0.3, -0.25) is 4.98 Å². The molecule has 0 amide bonds. The second-order valence-corrected chi connectivity index (χ2v) is 5.72. The molecule has 5 nitrogen and oxygen atoms in total. The smallest absolute Gasteiger partial charge is 0.242 e. The molecule has 1 saturated heterocycles. The molecular formula is C10H14FN3O2S. The molecule has 17 heavy (non-hydrogen) atoms. The van der Waals surface area contributed by atoms with Crippen molar-refractivity contribution in [2.75, 3.05) is 13.1 Å². The molecular weight excluding hydrogens is 245 g/mol. The fourth-order valence-corrected chi connectivity index (χ4v) is 3.02. The van der Waals surface area contributed by atoms with Gasteiger partial charge in [0.25, 0.3) is 0 Å². The molecule has 94 valence electrons. The molecule has 1 aromatic heterocycles. The number of piperidine rings is 1. The van der Waals surface area contributed by atoms with Crippen molar-refractivity contribution < 1.29 is 12.8 Å². The van der Waals surface area contributed by atoms with Crippen molar-refractivity contribution in [3.8, 4) is 0 Å². The number of nitrogens with zero attached hydrogens (tertiary/aromatic N) is 1. The zero-order valence-electron chi connectivity index (χ0n) is 9.19. The normalized spacial score (nSPS) is 21.4. The van der Waals surface area contributed by atoms with Crippen LogP contribution in [-0.4, -0.2) is 32.5 Å². The molecule has 2 heterocycles. The Balaban J connectivity index is 2.13. The maximum absolute atomic E-state index is 12.9. The maximum atomic E-state index is 12.9. The van der Waals surface area contributed by atoms with Crippen LogP contribution in [0.1, 0.15) is 12.8 Å². The number of aromatic nitrogens is 1. The van der Waals surface area contributed by atoms with Gasteiger partial charge < -0.3 is 5.32 Å². The van der Waals surface area contributed by atoms with Crippen LogP contribution in [0, 0.1) is 5.82 Å². The predicted octanol–water partition coefficient (Wildman–Crippen LogP) is 0.251. The van der Waals surface area contributed by atoms with Crippen molar-refractivity contribution in [1.82, 2.24) is 15.0 Å². The third-order valence-corrected chi connectivity index (χ3v) is 4.10. The van der Waals surface area contributed by atoms with Gasteiger partial charge in [0.05, 0.1) is 6.20 Å². The van der Waals surface area contributed by atoms with E-state index in [9.17, 15) is 12.8 Å². The summed E-state index contributed by atoms with van der Waals surface area (Å²) in [6.45, 7) is 1.50. The Morgan fingerprint density at radius 1 is 1.47 bits per heavy atom. The lowest BCUT2D eigenvalue weighted by atomic mass is 10.1. The second kappa shape index (κ2) is 5.07. The van der Waals surface area contributed by atoms with E-state index < -0.39 is 15.8 Å². The van der Waals surface area contributed by atoms with Crippen LogP contribution in [0.3, 0.4) is 0 Å². The highest BCUT2D eigenvalue weighted by Crippen LogP contribution is 2.11. The number of sulfonamides is 1. The molecule has 1 aromatic rings. The third kappa shape index (κ3) is 3.21. The van der Waals surface area contributed by atoms with Gasteiger partial charge in [0.1, 0.15) is 10.7 Å². The fourth-order valence-electron chi connectivity index (χ4n) is 1.78. The summed E-state index contributed by atoms with van der Waals surface area (Å²) in [5.74, 6) is -0.658. The van der Waals surface area contributed by atoms with E-state index in [1.807, 2.05) is 0 Å². The first-order chi connectivity index (χ1) is 8.08. The van der Waals surface area contributed by atoms with Crippen LogP contribution in [0.2, 0.25) is 0 Å². The Labute approximate surface area is 99.5 Å². The number of hydrogen-bond acceptors (Lipinski definition) is 4. The van der Waals surface area contributed by atoms with Crippen LogP contribution < -0.4 is 10.0 Å². The Morgan fingerprint density at radius 2 is 2.29 bits per heavy atom. The molecule has 1 aliphatic heterocycles. The molecule has 0 aliphatic carbocycles. The average molecular weight is 259 g/mol. The minimum absolute atomic E-state index is 0.136. The second-order valence-electron chi connectivity index (χ2n) is 4.00. The summed E-state index contributed by atoms with van der Waals surface area (Å²) < 4.78 is 39.3. The van der Waals surface area contributed by atoms with Crippen LogP contribution in [0.15, 0.2) is 23.4 Å². The number of hydrogen-bond donors (Lipinski definition) is 2. The van der Waals surface area contributed by atoms with Gasteiger partial charge >= 0.3 is 0 Å². The van der Waals surface area contributed by atoms with Gasteiger partial charge in [0.15, 0.2) is 0 Å². The standard InChI is InChI=1S/C10H14FN3O2S/c11-8-4-10(7-13-5-8)17(15,16)14-9-2-1-3-12-6-9/h4-5,7,9,12,14H,1-3,6H2. The highest BCUT2D eigenvalue weighted by Gasteiger charge is 2.22. The van der Waals surface area contributed by atoms with E-state index in [1.54, 1.807) is 0 Å². The molecule has 2 rings (SSSR count). The minimum atomic E-state index is -3.67. The molecule has 0 radical (unpaired) electrons. The van der Waals surface area contributed by atoms with Gasteiger partial charge in [-0.25, -0.2) is 17.5 Å². The number of pyridine rings is 1. The van der Waals surface area contributed by atoms with Crippen molar-refractivity contribution in [1.29, 1.82) is 0 Å². The lowest BCUT2D eigenvalue weighted by Gasteiger charge is -2.23. The van der Waals surface area contributed by atoms with E-state index in [1.165, 1.54) is 0 Å². The first-order valence-corrected chi connectivity index (χ1v) is 6.90. The largest absolute Gasteiger partial charge is 0.315 e. The monoisotopic (exact) mass is 259 g/mol. The number of halogens is 1. The van der Waals surface area contributed by atoms with Gasteiger partial charge in [-0.05, 0) is 25.5 Å². The van der Waals surface area contributed by atoms with Gasteiger partial charge in [0, 0.05) is 18.8 Å². The minimum Gasteiger partial charge on any atom is -0.315 e. The van der Waals surface area contributed by atoms with Crippen molar-refractivity contribution in [2.24, 2.45) is 0 Å². The van der Waals surface area contributed by atoms with E-state index in [-0.39, 0.29) is 10.9 Å². The first kappa shape index (κ1) is 12.4. The summed E-state index contributed by atoms with van der Waals surface area (Å²) in [6.07, 6.45) is 3.83. The third-order valence-electron chi connectivity index (χ3n) is 2.61. The van der Waals surface area contributed by atoms with Gasteiger partial charge in [-0.2, -0.15) is 0 Å². The van der Waals surface area contributed by atoms with E-state index in [2.05, 4.69) is 15.0 Å². The van der Waals surface area contributed by atoms with E-state index in [4.69, 9.17) is 0 Å². The van der Waals surface area contributed by atoms with Gasteiger partial charge in [-0.1, -0.05) is 0 Å². The molecule has 1 atom stereocenters. The zero-order chi connectivity index (χ0) is 12.3. The highest BCUT2D eigenvalue weighted by molar-refractivity contribution is 7.89. The van der Waals surface area contributed by atoms with Crippen LogP contribution in [-0.2, 0) is 10.0 Å². The zero-order valence-corrected chi connectivity index (χ0v) is 10.0. The molecule has 0 spiro atoms. The molecule has 1 unspecified atom stereocenters. The van der Waals surface area contributed by atoms with Crippen molar-refractivity contribution in [3.63, 3.8) is 0 Å². The van der Waals surface area contributed by atoms with Crippen molar-refractivity contribution >= 4 is 10.0 Å². The average Bonchev–Trinajstić information content (AvgIpc) is 2.30. The summed E-state index contributed by atoms with van der Waals surface area (Å²) in [6, 6.07) is 0.822. The predicted molar refractivity (Wildman–Crippen MR) is 60.4 cm³/mol. The van der Waals surface area contributed by atoms with Crippen LogP contribution in [0.4, 0.5) is 4.39 Å². The van der Waals surface area contributed by atoms with Crippen LogP contribution in [0.5, 0.6) is 0 Å². The van der Waals surface area contributed by atoms with E-state index in [0.717, 1.165) is 37.8 Å². The summed E-state index contributed by atoms with van der Waals surface area (Å²) in [5, 5.41) is 3.10. The van der Waals surface area contributed by atoms with Crippen LogP contribution in [0.25, 0.3) is 0 Å². The molecule has 1 aliphatic rings. The van der Waals surface area contributed by atoms with Crippen LogP contribution >= 0.6 is 0 Å². The lowest BCUT2D eigenvalue weighted by Crippen LogP contribution is -2.45. The molecule has 0 aromatic carbocycles. The van der Waals surface area contributed by atoms with Crippen molar-refractivity contribution in [2.45, 2.75) is 23.8 Å². The summed E-state index contributed by atoms with van der Waals surface area (Å²) in [5.41, 5.74) is 0. The Bertz CT molecular complexity index is 486. The molecule has 0 bridgehead atoms. The highest BCUT2D eigenvalue weighted by atomic mass is 32.2. The van der Waals surface area contributed by atoms with Gasteiger partial charge in [-0.15, -0.1) is 0 Å². The quantitative estimate of drug-likeness (QED) is 0.816. The van der Waals surface area contributed by atoms with Crippen molar-refractivity contribution in [3.05, 3.63) is 24.3 Å². The molecule has 2 N–H and O–H groups in total. The number of rotatable bonds is 3. The molecule has 0 saturated carbocycles. The van der Waals surface area contributed by atoms with E-state index >= 15 is 0 Å². The van der Waals surface area contributed by atoms with Gasteiger partial charge in [0.2, 0.25) is 10.0 Å². The summed E-state index contributed by atoms with van der Waals surface area (Å²) in [4.78, 5) is 3.40. The Hall–Kier alpha value is -1.05. The Kier molecular flexibility index (Phi) is 3.70. The summed E-state index contributed by atoms with van der Waals surface area (Å²) in [7, 11) is -3.67. The maximum Gasteiger partial charge on any atom is 0.242 e. The number of nitrogens with one attached hydrogen (secondary N) is 2.